The first-order chi connectivity index (χ1) is 5.27. The Balaban J connectivity index is 0.000000720. The number of fused-ring (bicyclic) bond motifs is 1. The molecule has 0 saturated heterocycles. The van der Waals surface area contributed by atoms with Crippen molar-refractivity contribution in [1.29, 1.82) is 0 Å². The van der Waals surface area contributed by atoms with Crippen LogP contribution >= 0.6 is 0 Å². The molecule has 0 N–H and O–H groups in total. The maximum Gasteiger partial charge on any atom is 1.00 e. The maximum absolute atomic E-state index is 3.63. The fraction of sp³-hybridized carbons (Fsp3) is 0.200. The quantitative estimate of drug-likeness (QED) is 0.442. The van der Waals surface area contributed by atoms with Crippen LogP contribution in [0.15, 0.2) is 24.3 Å². The van der Waals surface area contributed by atoms with Crippen LogP contribution in [0, 0.1) is 6.92 Å². The van der Waals surface area contributed by atoms with Crippen LogP contribution in [0.2, 0.25) is 0 Å². The van der Waals surface area contributed by atoms with Crippen molar-refractivity contribution in [2.75, 3.05) is 0 Å². The molecule has 1 aliphatic carbocycles. The van der Waals surface area contributed by atoms with Crippen molar-refractivity contribution < 1.29 is 18.9 Å². The Kier molecular flexibility index (Phi) is 3.01. The van der Waals surface area contributed by atoms with Crippen LogP contribution in [-0.2, 0) is 0 Å². The van der Waals surface area contributed by atoms with Gasteiger partial charge in [0.1, 0.15) is 0 Å². The normalized spacial score (nSPS) is 18.7. The van der Waals surface area contributed by atoms with Crippen LogP contribution in [0.25, 0.3) is 6.08 Å². The molecule has 0 aromatic heterocycles. The number of allylic oxidation sites excluding steroid dienone is 1. The molecule has 0 saturated carbocycles. The summed E-state index contributed by atoms with van der Waals surface area (Å²) in [6.07, 6.45) is 4.33. The minimum atomic E-state index is 0. The first-order valence-corrected chi connectivity index (χ1v) is 4.35. The molecule has 2 rings (SSSR count). The van der Waals surface area contributed by atoms with E-state index < -0.39 is 0 Å². The van der Waals surface area contributed by atoms with Crippen LogP contribution in [-0.4, -0.2) is 10.2 Å². The predicted molar refractivity (Wildman–Crippen MR) is 48.7 cm³/mol. The van der Waals surface area contributed by atoms with E-state index in [2.05, 4.69) is 47.5 Å². The Hall–Kier alpha value is -0.226. The van der Waals surface area contributed by atoms with Gasteiger partial charge < -0.3 is 0 Å². The third-order valence-electron chi connectivity index (χ3n) is 2.05. The Morgan fingerprint density at radius 1 is 1.33 bits per heavy atom. The zero-order chi connectivity index (χ0) is 7.84. The zero-order valence-electron chi connectivity index (χ0n) is 7.46. The van der Waals surface area contributed by atoms with Crippen molar-refractivity contribution in [2.45, 2.75) is 12.5 Å². The summed E-state index contributed by atoms with van der Waals surface area (Å²) in [7, 11) is 3.63. The molecule has 3 radical (unpaired) electrons. The van der Waals surface area contributed by atoms with Gasteiger partial charge in [-0.15, -0.1) is 0 Å². The van der Waals surface area contributed by atoms with Crippen molar-refractivity contribution in [3.05, 3.63) is 41.0 Å². The van der Waals surface area contributed by atoms with E-state index in [9.17, 15) is 0 Å². The summed E-state index contributed by atoms with van der Waals surface area (Å²) >= 11 is 0. The molecule has 12 heavy (non-hydrogen) atoms. The first kappa shape index (κ1) is 9.86. The van der Waals surface area contributed by atoms with Gasteiger partial charge >= 0.3 is 18.9 Å². The Morgan fingerprint density at radius 2 is 2.08 bits per heavy atom. The summed E-state index contributed by atoms with van der Waals surface area (Å²) in [5.74, 6) is 0. The van der Waals surface area contributed by atoms with Gasteiger partial charge in [0.25, 0.3) is 0 Å². The second-order valence-corrected chi connectivity index (χ2v) is 3.59. The fourth-order valence-electron chi connectivity index (χ4n) is 1.42. The molecule has 1 unspecified atom stereocenters. The van der Waals surface area contributed by atoms with Gasteiger partial charge in [-0.05, 0) is 23.6 Å². The van der Waals surface area contributed by atoms with Crippen molar-refractivity contribution in [3.8, 4) is 0 Å². The molecule has 2 heteroatoms. The van der Waals surface area contributed by atoms with Crippen LogP contribution in [0.3, 0.4) is 0 Å². The smallest absolute Gasteiger partial charge is 0.0800 e. The third-order valence-corrected chi connectivity index (χ3v) is 2.55. The molecule has 53 valence electrons. The topological polar surface area (TPSA) is 0 Å². The Labute approximate surface area is 88.7 Å². The molecule has 0 aliphatic heterocycles. The number of benzene rings is 1. The Bertz CT molecular complexity index is 318. The molecule has 0 amide bonds. The molecule has 1 aromatic rings. The SMILES string of the molecule is Cc1ccc2c(c1)C([Si])C=C2.[Li+]. The molecular formula is C10H9LiSi+. The number of hydrogen-bond donors (Lipinski definition) is 0. The monoisotopic (exact) mass is 164 g/mol. The standard InChI is InChI=1S/C10H9Si.Li/c1-7-2-3-8-4-5-10(11)9(8)6-7;/h2-6,10H,1H3;/q;+1. The maximum atomic E-state index is 3.63. The molecular weight excluding hydrogens is 155 g/mol. The van der Waals surface area contributed by atoms with E-state index in [1.54, 1.807) is 0 Å². The van der Waals surface area contributed by atoms with E-state index in [4.69, 9.17) is 0 Å². The number of rotatable bonds is 0. The van der Waals surface area contributed by atoms with Gasteiger partial charge in [0.05, 0.1) is 0 Å². The number of aryl methyl sites for hydroxylation is 1. The first-order valence-electron chi connectivity index (χ1n) is 3.77. The molecule has 0 heterocycles. The average molecular weight is 164 g/mol. The fourth-order valence-corrected chi connectivity index (χ4v) is 1.77. The minimum Gasteiger partial charge on any atom is -0.0800 e. The van der Waals surface area contributed by atoms with Crippen LogP contribution in [0.1, 0.15) is 22.2 Å². The van der Waals surface area contributed by atoms with Crippen LogP contribution in [0.5, 0.6) is 0 Å². The summed E-state index contributed by atoms with van der Waals surface area (Å²) < 4.78 is 0. The van der Waals surface area contributed by atoms with E-state index in [1.807, 2.05) is 0 Å². The van der Waals surface area contributed by atoms with Crippen LogP contribution in [0.4, 0.5) is 0 Å². The molecule has 1 aliphatic rings. The van der Waals surface area contributed by atoms with Gasteiger partial charge in [-0.1, -0.05) is 35.9 Å². The van der Waals surface area contributed by atoms with E-state index in [1.165, 1.54) is 16.7 Å². The average Bonchev–Trinajstić information content (AvgIpc) is 2.33. The Morgan fingerprint density at radius 3 is 2.83 bits per heavy atom. The van der Waals surface area contributed by atoms with Crippen molar-refractivity contribution in [2.24, 2.45) is 0 Å². The summed E-state index contributed by atoms with van der Waals surface area (Å²) in [6.45, 7) is 2.12. The van der Waals surface area contributed by atoms with Gasteiger partial charge in [0.2, 0.25) is 0 Å². The summed E-state index contributed by atoms with van der Waals surface area (Å²) in [6, 6.07) is 6.54. The third kappa shape index (κ3) is 1.59. The second-order valence-electron chi connectivity index (χ2n) is 2.97. The van der Waals surface area contributed by atoms with Crippen LogP contribution < -0.4 is 18.9 Å². The zero-order valence-corrected chi connectivity index (χ0v) is 8.46. The van der Waals surface area contributed by atoms with Gasteiger partial charge in [-0.3, -0.25) is 0 Å². The van der Waals surface area contributed by atoms with Gasteiger partial charge in [0.15, 0.2) is 0 Å². The molecule has 1 aromatic carbocycles. The molecule has 0 nitrogen and oxygen atoms in total. The largest absolute Gasteiger partial charge is 1.00 e. The van der Waals surface area contributed by atoms with Crippen molar-refractivity contribution in [3.63, 3.8) is 0 Å². The van der Waals surface area contributed by atoms with E-state index in [-0.39, 0.29) is 18.9 Å². The van der Waals surface area contributed by atoms with E-state index in [0.29, 0.717) is 5.54 Å². The molecule has 0 bridgehead atoms. The molecule has 0 fully saturated rings. The second kappa shape index (κ2) is 3.66. The van der Waals surface area contributed by atoms with Gasteiger partial charge in [-0.25, -0.2) is 0 Å². The predicted octanol–water partition coefficient (Wildman–Crippen LogP) is -0.765. The molecule has 1 atom stereocenters. The van der Waals surface area contributed by atoms with E-state index >= 15 is 0 Å². The number of hydrogen-bond acceptors (Lipinski definition) is 0. The summed E-state index contributed by atoms with van der Waals surface area (Å²) in [4.78, 5) is 0. The van der Waals surface area contributed by atoms with Gasteiger partial charge in [-0.2, -0.15) is 0 Å². The van der Waals surface area contributed by atoms with E-state index in [0.717, 1.165) is 0 Å². The van der Waals surface area contributed by atoms with Gasteiger partial charge in [0, 0.05) is 10.2 Å². The summed E-state index contributed by atoms with van der Waals surface area (Å²) in [5, 5.41) is 0. The van der Waals surface area contributed by atoms with Crippen molar-refractivity contribution in [1.82, 2.24) is 0 Å². The molecule has 0 spiro atoms. The minimum absolute atomic E-state index is 0. The summed E-state index contributed by atoms with van der Waals surface area (Å²) in [5.41, 5.74) is 4.48. The van der Waals surface area contributed by atoms with Crippen molar-refractivity contribution >= 4 is 16.3 Å².